The van der Waals surface area contributed by atoms with Gasteiger partial charge in [0.15, 0.2) is 0 Å². The van der Waals surface area contributed by atoms with Gasteiger partial charge in [0.2, 0.25) is 11.8 Å². The summed E-state index contributed by atoms with van der Waals surface area (Å²) in [5.41, 5.74) is 7.79. The molecule has 18 heavy (non-hydrogen) atoms. The van der Waals surface area contributed by atoms with E-state index in [9.17, 15) is 9.59 Å². The van der Waals surface area contributed by atoms with Crippen LogP contribution in [-0.4, -0.2) is 29.3 Å². The largest absolute Gasteiger partial charge is 0.327 e. The van der Waals surface area contributed by atoms with Gasteiger partial charge in [0.05, 0.1) is 6.42 Å². The first-order chi connectivity index (χ1) is 8.56. The molecule has 96 valence electrons. The second kappa shape index (κ2) is 5.31. The zero-order chi connectivity index (χ0) is 13.1. The van der Waals surface area contributed by atoms with E-state index in [1.807, 2.05) is 31.2 Å². The molecule has 0 aromatic heterocycles. The second-order valence-corrected chi connectivity index (χ2v) is 4.85. The minimum atomic E-state index is -0.147. The molecule has 0 radical (unpaired) electrons. The van der Waals surface area contributed by atoms with E-state index < -0.39 is 0 Å². The Balaban J connectivity index is 1.99. The standard InChI is InChI=1S/C14H18N2O2/c1-10-2-4-11(5-3-10)8-13(17)16-7-6-12(15)9-14(16)18/h2-5,12H,6-9,15H2,1H3. The highest BCUT2D eigenvalue weighted by molar-refractivity contribution is 5.96. The van der Waals surface area contributed by atoms with Crippen molar-refractivity contribution in [3.05, 3.63) is 35.4 Å². The van der Waals surface area contributed by atoms with Gasteiger partial charge in [-0.1, -0.05) is 29.8 Å². The van der Waals surface area contributed by atoms with Gasteiger partial charge in [0.25, 0.3) is 0 Å². The summed E-state index contributed by atoms with van der Waals surface area (Å²) in [4.78, 5) is 25.1. The normalized spacial score (nSPS) is 20.0. The Bertz CT molecular complexity index is 453. The second-order valence-electron chi connectivity index (χ2n) is 4.85. The van der Waals surface area contributed by atoms with Gasteiger partial charge in [0, 0.05) is 19.0 Å². The molecule has 0 aliphatic carbocycles. The summed E-state index contributed by atoms with van der Waals surface area (Å²) in [5.74, 6) is -0.276. The molecule has 1 unspecified atom stereocenters. The number of likely N-dealkylation sites (tertiary alicyclic amines) is 1. The lowest BCUT2D eigenvalue weighted by molar-refractivity contribution is -0.146. The molecule has 4 nitrogen and oxygen atoms in total. The zero-order valence-corrected chi connectivity index (χ0v) is 10.6. The van der Waals surface area contributed by atoms with E-state index >= 15 is 0 Å². The zero-order valence-electron chi connectivity index (χ0n) is 10.6. The smallest absolute Gasteiger partial charge is 0.233 e. The molecule has 1 fully saturated rings. The van der Waals surface area contributed by atoms with Crippen molar-refractivity contribution in [1.29, 1.82) is 0 Å². The summed E-state index contributed by atoms with van der Waals surface area (Å²) >= 11 is 0. The Hall–Kier alpha value is -1.68. The van der Waals surface area contributed by atoms with Crippen molar-refractivity contribution in [2.24, 2.45) is 5.73 Å². The van der Waals surface area contributed by atoms with Crippen molar-refractivity contribution in [3.8, 4) is 0 Å². The molecule has 2 amide bonds. The highest BCUT2D eigenvalue weighted by atomic mass is 16.2. The van der Waals surface area contributed by atoms with Crippen LogP contribution in [0.2, 0.25) is 0 Å². The summed E-state index contributed by atoms with van der Waals surface area (Å²) in [6, 6.07) is 7.69. The number of carbonyl (C=O) groups excluding carboxylic acids is 2. The van der Waals surface area contributed by atoms with Gasteiger partial charge in [0.1, 0.15) is 0 Å². The van der Waals surface area contributed by atoms with Gasteiger partial charge in [-0.05, 0) is 18.9 Å². The molecule has 0 saturated carbocycles. The third-order valence-electron chi connectivity index (χ3n) is 3.24. The molecule has 2 rings (SSSR count). The van der Waals surface area contributed by atoms with Crippen LogP contribution in [0.3, 0.4) is 0 Å². The molecule has 0 bridgehead atoms. The number of aryl methyl sites for hydroxylation is 1. The Morgan fingerprint density at radius 3 is 2.67 bits per heavy atom. The third kappa shape index (κ3) is 2.96. The lowest BCUT2D eigenvalue weighted by Crippen LogP contribution is -2.47. The number of benzene rings is 1. The summed E-state index contributed by atoms with van der Waals surface area (Å²) < 4.78 is 0. The van der Waals surface area contributed by atoms with Crippen molar-refractivity contribution in [2.75, 3.05) is 6.54 Å². The van der Waals surface area contributed by atoms with E-state index in [1.165, 1.54) is 4.90 Å². The van der Waals surface area contributed by atoms with E-state index in [4.69, 9.17) is 5.73 Å². The number of rotatable bonds is 2. The fourth-order valence-electron chi connectivity index (χ4n) is 2.10. The average molecular weight is 246 g/mol. The summed E-state index contributed by atoms with van der Waals surface area (Å²) in [6.07, 6.45) is 1.26. The molecule has 1 saturated heterocycles. The maximum absolute atomic E-state index is 12.0. The number of imide groups is 1. The highest BCUT2D eigenvalue weighted by Crippen LogP contribution is 2.12. The maximum Gasteiger partial charge on any atom is 0.233 e. The minimum Gasteiger partial charge on any atom is -0.327 e. The number of carbonyl (C=O) groups is 2. The van der Waals surface area contributed by atoms with E-state index in [1.54, 1.807) is 0 Å². The van der Waals surface area contributed by atoms with Gasteiger partial charge in [-0.3, -0.25) is 14.5 Å². The van der Waals surface area contributed by atoms with Gasteiger partial charge >= 0.3 is 0 Å². The van der Waals surface area contributed by atoms with Crippen molar-refractivity contribution in [1.82, 2.24) is 4.90 Å². The number of amides is 2. The molecule has 1 aliphatic rings. The SMILES string of the molecule is Cc1ccc(CC(=O)N2CCC(N)CC2=O)cc1. The van der Waals surface area contributed by atoms with E-state index in [2.05, 4.69) is 0 Å². The van der Waals surface area contributed by atoms with Crippen molar-refractivity contribution in [3.63, 3.8) is 0 Å². The number of nitrogens with zero attached hydrogens (tertiary/aromatic N) is 1. The quantitative estimate of drug-likeness (QED) is 0.847. The first kappa shape index (κ1) is 12.8. The molecule has 1 aromatic rings. The number of piperidine rings is 1. The number of hydrogen-bond acceptors (Lipinski definition) is 3. The Kier molecular flexibility index (Phi) is 3.77. The molecule has 4 heteroatoms. The molecular weight excluding hydrogens is 228 g/mol. The fraction of sp³-hybridized carbons (Fsp3) is 0.429. The first-order valence-corrected chi connectivity index (χ1v) is 6.20. The predicted molar refractivity (Wildman–Crippen MR) is 68.8 cm³/mol. The number of hydrogen-bond donors (Lipinski definition) is 1. The summed E-state index contributed by atoms with van der Waals surface area (Å²) in [5, 5.41) is 0. The molecular formula is C14H18N2O2. The van der Waals surface area contributed by atoms with Crippen LogP contribution in [0, 0.1) is 6.92 Å². The van der Waals surface area contributed by atoms with Crippen molar-refractivity contribution in [2.45, 2.75) is 32.2 Å². The average Bonchev–Trinajstić information content (AvgIpc) is 2.32. The van der Waals surface area contributed by atoms with Crippen LogP contribution in [-0.2, 0) is 16.0 Å². The van der Waals surface area contributed by atoms with Gasteiger partial charge in [-0.15, -0.1) is 0 Å². The topological polar surface area (TPSA) is 63.4 Å². The van der Waals surface area contributed by atoms with Crippen LogP contribution >= 0.6 is 0 Å². The van der Waals surface area contributed by atoms with Crippen molar-refractivity contribution < 1.29 is 9.59 Å². The predicted octanol–water partition coefficient (Wildman–Crippen LogP) is 1.01. The molecule has 1 heterocycles. The Morgan fingerprint density at radius 1 is 1.39 bits per heavy atom. The summed E-state index contributed by atoms with van der Waals surface area (Å²) in [7, 11) is 0. The van der Waals surface area contributed by atoms with Crippen LogP contribution in [0.4, 0.5) is 0 Å². The molecule has 2 N–H and O–H groups in total. The van der Waals surface area contributed by atoms with Crippen LogP contribution < -0.4 is 5.73 Å². The van der Waals surface area contributed by atoms with Gasteiger partial charge < -0.3 is 5.73 Å². The van der Waals surface area contributed by atoms with Crippen LogP contribution in [0.5, 0.6) is 0 Å². The van der Waals surface area contributed by atoms with Gasteiger partial charge in [-0.25, -0.2) is 0 Å². The van der Waals surface area contributed by atoms with E-state index in [0.29, 0.717) is 13.0 Å². The monoisotopic (exact) mass is 246 g/mol. The molecule has 1 aromatic carbocycles. The molecule has 1 aliphatic heterocycles. The van der Waals surface area contributed by atoms with Gasteiger partial charge in [-0.2, -0.15) is 0 Å². The lowest BCUT2D eigenvalue weighted by atomic mass is 10.0. The first-order valence-electron chi connectivity index (χ1n) is 6.20. The molecule has 0 spiro atoms. The van der Waals surface area contributed by atoms with Crippen LogP contribution in [0.1, 0.15) is 24.0 Å². The fourth-order valence-corrected chi connectivity index (χ4v) is 2.10. The Labute approximate surface area is 107 Å². The third-order valence-corrected chi connectivity index (χ3v) is 3.24. The number of nitrogens with two attached hydrogens (primary N) is 1. The minimum absolute atomic E-state index is 0.0964. The van der Waals surface area contributed by atoms with Crippen LogP contribution in [0.15, 0.2) is 24.3 Å². The highest BCUT2D eigenvalue weighted by Gasteiger charge is 2.27. The van der Waals surface area contributed by atoms with E-state index in [-0.39, 0.29) is 30.7 Å². The maximum atomic E-state index is 12.0. The van der Waals surface area contributed by atoms with Crippen molar-refractivity contribution >= 4 is 11.8 Å². The Morgan fingerprint density at radius 2 is 2.06 bits per heavy atom. The molecule has 1 atom stereocenters. The lowest BCUT2D eigenvalue weighted by Gasteiger charge is -2.28. The van der Waals surface area contributed by atoms with Crippen LogP contribution in [0.25, 0.3) is 0 Å². The summed E-state index contributed by atoms with van der Waals surface area (Å²) in [6.45, 7) is 2.45. The van der Waals surface area contributed by atoms with E-state index in [0.717, 1.165) is 11.1 Å².